The molecule has 1 aromatic rings. The van der Waals surface area contributed by atoms with E-state index in [9.17, 15) is 12.3 Å². The fourth-order valence-corrected chi connectivity index (χ4v) is 2.71. The van der Waals surface area contributed by atoms with Crippen LogP contribution in [0.3, 0.4) is 0 Å². The highest BCUT2D eigenvalue weighted by molar-refractivity contribution is 7.85. The number of rotatable bonds is 2. The van der Waals surface area contributed by atoms with Crippen molar-refractivity contribution in [3.63, 3.8) is 0 Å². The summed E-state index contributed by atoms with van der Waals surface area (Å²) in [6, 6.07) is 1.53. The van der Waals surface area contributed by atoms with Crippen LogP contribution in [-0.4, -0.2) is 8.42 Å². The average Bonchev–Trinajstić information content (AvgIpc) is 2.12. The van der Waals surface area contributed by atoms with E-state index in [2.05, 4.69) is 0 Å². The van der Waals surface area contributed by atoms with Gasteiger partial charge in [-0.1, -0.05) is 11.6 Å². The second-order valence-corrected chi connectivity index (χ2v) is 4.65. The lowest BCUT2D eigenvalue weighted by Crippen LogP contribution is -1.93. The highest BCUT2D eigenvalue weighted by Crippen LogP contribution is 2.24. The zero-order valence-corrected chi connectivity index (χ0v) is 7.64. The molecule has 0 unspecified atom stereocenters. The van der Waals surface area contributed by atoms with E-state index in [-0.39, 0.29) is 0 Å². The molecule has 0 fully saturated rings. The monoisotopic (exact) mass is 214 g/mol. The third kappa shape index (κ3) is 2.76. The van der Waals surface area contributed by atoms with Crippen molar-refractivity contribution in [3.05, 3.63) is 21.3 Å². The van der Waals surface area contributed by atoms with E-state index < -0.39 is 16.0 Å². The molecule has 62 valence electrons. The minimum atomic E-state index is -4.44. The van der Waals surface area contributed by atoms with Gasteiger partial charge in [0.1, 0.15) is 5.75 Å². The summed E-state index contributed by atoms with van der Waals surface area (Å²) in [4.78, 5) is 0.342. The van der Waals surface area contributed by atoms with E-state index in [1.54, 1.807) is 5.38 Å². The van der Waals surface area contributed by atoms with Crippen molar-refractivity contribution in [2.24, 2.45) is 0 Å². The fraction of sp³-hybridized carbons (Fsp3) is 0.200. The van der Waals surface area contributed by atoms with E-state index in [1.807, 2.05) is 0 Å². The maximum Gasteiger partial charge on any atom is 0.307 e. The Bertz CT molecular complexity index is 343. The Kier molecular flexibility index (Phi) is 2.51. The third-order valence-electron chi connectivity index (χ3n) is 0.995. The van der Waals surface area contributed by atoms with E-state index in [1.165, 1.54) is 6.07 Å². The molecule has 0 saturated heterocycles. The Morgan fingerprint density at radius 1 is 1.64 bits per heavy atom. The Hall–Kier alpha value is -0.130. The smallest absolute Gasteiger partial charge is 0.194 e. The van der Waals surface area contributed by atoms with Crippen LogP contribution in [0.2, 0.25) is 5.02 Å². The molecule has 0 bridgehead atoms. The summed E-state index contributed by atoms with van der Waals surface area (Å²) >= 11 is 6.65. The maximum atomic E-state index is 12.1. The third-order valence-corrected chi connectivity index (χ3v) is 3.20. The molecular formula is C5H4ClFO2S2. The molecule has 0 aliphatic carbocycles. The highest BCUT2D eigenvalue weighted by atomic mass is 35.5. The molecule has 1 heterocycles. The topological polar surface area (TPSA) is 34.1 Å². The van der Waals surface area contributed by atoms with Crippen molar-refractivity contribution < 1.29 is 12.3 Å². The van der Waals surface area contributed by atoms with Gasteiger partial charge in [0.25, 0.3) is 0 Å². The predicted molar refractivity (Wildman–Crippen MR) is 43.1 cm³/mol. The van der Waals surface area contributed by atoms with Crippen LogP contribution in [0.4, 0.5) is 3.89 Å². The Labute approximate surface area is 72.8 Å². The summed E-state index contributed by atoms with van der Waals surface area (Å²) in [5.41, 5.74) is 0. The van der Waals surface area contributed by atoms with Crippen LogP contribution in [0.1, 0.15) is 4.88 Å². The van der Waals surface area contributed by atoms with Crippen molar-refractivity contribution in [1.82, 2.24) is 0 Å². The molecule has 1 aromatic heterocycles. The van der Waals surface area contributed by atoms with E-state index >= 15 is 0 Å². The van der Waals surface area contributed by atoms with Crippen LogP contribution in [0.5, 0.6) is 0 Å². The van der Waals surface area contributed by atoms with Gasteiger partial charge in [-0.25, -0.2) is 0 Å². The molecule has 0 aliphatic heterocycles. The normalized spacial score (nSPS) is 11.8. The van der Waals surface area contributed by atoms with Gasteiger partial charge in [0, 0.05) is 4.88 Å². The summed E-state index contributed by atoms with van der Waals surface area (Å²) in [5.74, 6) is -0.622. The molecule has 0 saturated carbocycles. The summed E-state index contributed by atoms with van der Waals surface area (Å²) in [6.07, 6.45) is 0. The average molecular weight is 215 g/mol. The molecule has 1 rings (SSSR count). The zero-order valence-electron chi connectivity index (χ0n) is 5.25. The molecule has 2 nitrogen and oxygen atoms in total. The van der Waals surface area contributed by atoms with E-state index in [0.717, 1.165) is 11.3 Å². The molecule has 11 heavy (non-hydrogen) atoms. The van der Waals surface area contributed by atoms with Gasteiger partial charge in [0.05, 0.1) is 5.02 Å². The molecule has 0 aliphatic rings. The predicted octanol–water partition coefficient (Wildman–Crippen LogP) is 2.20. The SMILES string of the molecule is O=S(=O)(F)Cc1sccc1Cl. The molecule has 0 atom stereocenters. The van der Waals surface area contributed by atoms with Crippen LogP contribution in [0.15, 0.2) is 11.4 Å². The molecule has 0 aromatic carbocycles. The lowest BCUT2D eigenvalue weighted by Gasteiger charge is -1.90. The number of hydrogen-bond acceptors (Lipinski definition) is 3. The fourth-order valence-electron chi connectivity index (χ4n) is 0.585. The summed E-state index contributed by atoms with van der Waals surface area (Å²) in [5, 5.41) is 1.92. The van der Waals surface area contributed by atoms with Crippen LogP contribution in [0, 0.1) is 0 Å². The minimum Gasteiger partial charge on any atom is -0.194 e. The Morgan fingerprint density at radius 2 is 2.27 bits per heavy atom. The van der Waals surface area contributed by atoms with Gasteiger partial charge in [-0.3, -0.25) is 0 Å². The maximum absolute atomic E-state index is 12.1. The second-order valence-electron chi connectivity index (χ2n) is 1.87. The van der Waals surface area contributed by atoms with Crippen molar-refractivity contribution in [2.75, 3.05) is 0 Å². The number of hydrogen-bond donors (Lipinski definition) is 0. The van der Waals surface area contributed by atoms with Gasteiger partial charge in [-0.05, 0) is 11.4 Å². The van der Waals surface area contributed by atoms with Crippen LogP contribution in [0.25, 0.3) is 0 Å². The summed E-state index contributed by atoms with van der Waals surface area (Å²) in [6.45, 7) is 0. The Balaban J connectivity index is 2.89. The lowest BCUT2D eigenvalue weighted by atomic mass is 10.5. The number of thiophene rings is 1. The first-order valence-electron chi connectivity index (χ1n) is 2.63. The van der Waals surface area contributed by atoms with Gasteiger partial charge in [0.2, 0.25) is 0 Å². The van der Waals surface area contributed by atoms with Crippen LogP contribution in [-0.2, 0) is 16.0 Å². The molecule has 6 heteroatoms. The van der Waals surface area contributed by atoms with Crippen molar-refractivity contribution in [1.29, 1.82) is 0 Å². The van der Waals surface area contributed by atoms with Crippen molar-refractivity contribution in [3.8, 4) is 0 Å². The quantitative estimate of drug-likeness (QED) is 0.708. The Morgan fingerprint density at radius 3 is 2.64 bits per heavy atom. The summed E-state index contributed by atoms with van der Waals surface area (Å²) < 4.78 is 32.3. The second kappa shape index (κ2) is 3.08. The molecule has 0 N–H and O–H groups in total. The van der Waals surface area contributed by atoms with Gasteiger partial charge in [-0.15, -0.1) is 15.2 Å². The van der Waals surface area contributed by atoms with Gasteiger partial charge in [0.15, 0.2) is 0 Å². The first kappa shape index (κ1) is 8.96. The zero-order chi connectivity index (χ0) is 8.48. The minimum absolute atomic E-state index is 0.302. The van der Waals surface area contributed by atoms with Gasteiger partial charge in [-0.2, -0.15) is 8.42 Å². The van der Waals surface area contributed by atoms with Crippen LogP contribution >= 0.6 is 22.9 Å². The van der Waals surface area contributed by atoms with E-state index in [4.69, 9.17) is 11.6 Å². The highest BCUT2D eigenvalue weighted by Gasteiger charge is 2.12. The van der Waals surface area contributed by atoms with Crippen molar-refractivity contribution >= 4 is 33.2 Å². The van der Waals surface area contributed by atoms with Gasteiger partial charge < -0.3 is 0 Å². The molecular weight excluding hydrogens is 211 g/mol. The van der Waals surface area contributed by atoms with Gasteiger partial charge >= 0.3 is 10.2 Å². The first-order valence-corrected chi connectivity index (χ1v) is 5.44. The van der Waals surface area contributed by atoms with E-state index in [0.29, 0.717) is 9.90 Å². The molecule has 0 spiro atoms. The molecule has 0 amide bonds. The largest absolute Gasteiger partial charge is 0.307 e. The van der Waals surface area contributed by atoms with Crippen LogP contribution < -0.4 is 0 Å². The van der Waals surface area contributed by atoms with Crippen molar-refractivity contribution in [2.45, 2.75) is 5.75 Å². The summed E-state index contributed by atoms with van der Waals surface area (Å²) in [7, 11) is -4.44. The first-order chi connectivity index (χ1) is 4.99. The standard InChI is InChI=1S/C5H4ClFO2S2/c6-4-1-2-10-5(4)3-11(7,8)9/h1-2H,3H2. The number of halogens is 2. The lowest BCUT2D eigenvalue weighted by molar-refractivity contribution is 0.551. The molecule has 0 radical (unpaired) electrons.